The number of aliphatic hydroxyl groups is 2. The van der Waals surface area contributed by atoms with Crippen molar-refractivity contribution in [3.63, 3.8) is 0 Å². The van der Waals surface area contributed by atoms with Crippen molar-refractivity contribution in [3.8, 4) is 0 Å². The van der Waals surface area contributed by atoms with Crippen LogP contribution >= 0.6 is 0 Å². The molecule has 5 saturated carbocycles. The second-order valence-electron chi connectivity index (χ2n) is 9.67. The number of ketones is 1. The first-order valence-electron chi connectivity index (χ1n) is 9.22. The highest BCUT2D eigenvalue weighted by molar-refractivity contribution is 5.89. The van der Waals surface area contributed by atoms with Crippen LogP contribution in [0.1, 0.15) is 59.3 Å². The summed E-state index contributed by atoms with van der Waals surface area (Å²) in [7, 11) is 0. The average Bonchev–Trinajstić information content (AvgIpc) is 2.45. The quantitative estimate of drug-likeness (QED) is 0.675. The summed E-state index contributed by atoms with van der Waals surface area (Å²) in [6.07, 6.45) is 4.08. The van der Waals surface area contributed by atoms with E-state index in [-0.39, 0.29) is 34.2 Å². The third kappa shape index (κ3) is 1.71. The fourth-order valence-corrected chi connectivity index (χ4v) is 7.34. The van der Waals surface area contributed by atoms with Crippen molar-refractivity contribution in [3.05, 3.63) is 12.2 Å². The lowest BCUT2D eigenvalue weighted by molar-refractivity contribution is -0.225. The third-order valence-electron chi connectivity index (χ3n) is 8.48. The SMILES string of the molecule is C=C1C[C@@]23CC[C@@H]4C(C)(C)[C@H](O)CC[C@@]4(C)[C@@H]2[C@H](O)[C@@H]1CC3=O. The fraction of sp³-hybridized carbons (Fsp3) is 0.850. The highest BCUT2D eigenvalue weighted by Gasteiger charge is 2.69. The van der Waals surface area contributed by atoms with Crippen molar-refractivity contribution in [1.29, 1.82) is 0 Å². The molecule has 3 nitrogen and oxygen atoms in total. The molecule has 3 heteroatoms. The number of hydrogen-bond acceptors (Lipinski definition) is 3. The third-order valence-corrected chi connectivity index (χ3v) is 8.48. The standard InChI is InChI=1S/C20H30O3/c1-11-10-20-8-5-13-18(2,3)14(21)6-7-19(13,4)17(20)16(23)12(11)9-15(20)22/h12-14,16-17,21,23H,1,5-10H2,2-4H3/t12-,13-,14-,16-,17+,19-,20-/m1/s1. The lowest BCUT2D eigenvalue weighted by Gasteiger charge is -2.68. The van der Waals surface area contributed by atoms with Gasteiger partial charge in [-0.2, -0.15) is 0 Å². The van der Waals surface area contributed by atoms with Crippen molar-refractivity contribution in [2.45, 2.75) is 71.5 Å². The first kappa shape index (κ1) is 15.8. The average molecular weight is 318 g/mol. The van der Waals surface area contributed by atoms with Gasteiger partial charge in [0.1, 0.15) is 5.78 Å². The summed E-state index contributed by atoms with van der Waals surface area (Å²) in [5.74, 6) is 0.732. The lowest BCUT2D eigenvalue weighted by atomic mass is 9.36. The zero-order valence-electron chi connectivity index (χ0n) is 14.6. The first-order chi connectivity index (χ1) is 10.6. The Kier molecular flexibility index (Phi) is 3.09. The molecule has 5 fully saturated rings. The van der Waals surface area contributed by atoms with Crippen molar-refractivity contribution < 1.29 is 15.0 Å². The molecule has 2 bridgehead atoms. The Morgan fingerprint density at radius 3 is 2.52 bits per heavy atom. The van der Waals surface area contributed by atoms with Crippen LogP contribution in [0.3, 0.4) is 0 Å². The van der Waals surface area contributed by atoms with Crippen LogP contribution in [-0.4, -0.2) is 28.2 Å². The summed E-state index contributed by atoms with van der Waals surface area (Å²) in [6.45, 7) is 10.8. The number of rotatable bonds is 0. The van der Waals surface area contributed by atoms with Crippen molar-refractivity contribution in [2.24, 2.45) is 34.0 Å². The molecule has 0 aromatic carbocycles. The molecule has 5 aliphatic carbocycles. The maximum Gasteiger partial charge on any atom is 0.140 e. The summed E-state index contributed by atoms with van der Waals surface area (Å²) < 4.78 is 0. The maximum absolute atomic E-state index is 12.9. The molecule has 0 unspecified atom stereocenters. The summed E-state index contributed by atoms with van der Waals surface area (Å²) in [4.78, 5) is 12.9. The largest absolute Gasteiger partial charge is 0.393 e. The van der Waals surface area contributed by atoms with E-state index in [2.05, 4.69) is 27.4 Å². The summed E-state index contributed by atoms with van der Waals surface area (Å²) in [5, 5.41) is 21.7. The van der Waals surface area contributed by atoms with E-state index in [0.29, 0.717) is 18.1 Å². The van der Waals surface area contributed by atoms with Crippen molar-refractivity contribution in [1.82, 2.24) is 0 Å². The molecular formula is C20H30O3. The normalized spacial score (nSPS) is 54.6. The zero-order valence-corrected chi connectivity index (χ0v) is 14.6. The molecule has 0 radical (unpaired) electrons. The van der Waals surface area contributed by atoms with E-state index in [1.165, 1.54) is 0 Å². The molecule has 0 saturated heterocycles. The molecule has 0 aliphatic heterocycles. The minimum atomic E-state index is -0.437. The number of hydrogen-bond donors (Lipinski definition) is 2. The highest BCUT2D eigenvalue weighted by Crippen LogP contribution is 2.70. The van der Waals surface area contributed by atoms with Crippen LogP contribution in [-0.2, 0) is 4.79 Å². The van der Waals surface area contributed by atoms with Gasteiger partial charge in [-0.05, 0) is 48.9 Å². The Bertz CT molecular complexity index is 579. The second-order valence-corrected chi connectivity index (χ2v) is 9.67. The van der Waals surface area contributed by atoms with Gasteiger partial charge < -0.3 is 10.2 Å². The Hall–Kier alpha value is -0.670. The molecular weight excluding hydrogens is 288 g/mol. The minimum absolute atomic E-state index is 0.0391. The fourth-order valence-electron chi connectivity index (χ4n) is 7.34. The van der Waals surface area contributed by atoms with Gasteiger partial charge in [0, 0.05) is 23.7 Å². The van der Waals surface area contributed by atoms with Crippen molar-refractivity contribution in [2.75, 3.05) is 0 Å². The summed E-state index contributed by atoms with van der Waals surface area (Å²) in [5.41, 5.74) is 0.501. The van der Waals surface area contributed by atoms with Gasteiger partial charge in [-0.15, -0.1) is 0 Å². The Labute approximate surface area is 139 Å². The van der Waals surface area contributed by atoms with Gasteiger partial charge in [-0.1, -0.05) is 32.9 Å². The van der Waals surface area contributed by atoms with Crippen LogP contribution in [0.5, 0.6) is 0 Å². The highest BCUT2D eigenvalue weighted by atomic mass is 16.3. The van der Waals surface area contributed by atoms with E-state index in [4.69, 9.17) is 0 Å². The molecule has 5 aliphatic rings. The van der Waals surface area contributed by atoms with E-state index < -0.39 is 6.10 Å². The van der Waals surface area contributed by atoms with Gasteiger partial charge in [0.25, 0.3) is 0 Å². The molecule has 0 amide bonds. The molecule has 0 aromatic heterocycles. The predicted molar refractivity (Wildman–Crippen MR) is 88.7 cm³/mol. The molecule has 5 rings (SSSR count). The van der Waals surface area contributed by atoms with E-state index >= 15 is 0 Å². The number of Topliss-reactive ketones (excluding diaryl/α,β-unsaturated/α-hetero) is 1. The molecule has 0 aromatic rings. The molecule has 2 N–H and O–H groups in total. The van der Waals surface area contributed by atoms with Gasteiger partial charge in [0.15, 0.2) is 0 Å². The number of aliphatic hydroxyl groups excluding tert-OH is 2. The van der Waals surface area contributed by atoms with Gasteiger partial charge in [-0.25, -0.2) is 0 Å². The Balaban J connectivity index is 1.83. The Morgan fingerprint density at radius 2 is 1.83 bits per heavy atom. The topological polar surface area (TPSA) is 57.5 Å². The van der Waals surface area contributed by atoms with E-state index in [1.807, 2.05) is 0 Å². The van der Waals surface area contributed by atoms with Crippen LogP contribution < -0.4 is 0 Å². The first-order valence-corrected chi connectivity index (χ1v) is 9.22. The van der Waals surface area contributed by atoms with Gasteiger partial charge in [-0.3, -0.25) is 4.79 Å². The summed E-state index contributed by atoms with van der Waals surface area (Å²) in [6, 6.07) is 0. The van der Waals surface area contributed by atoms with Gasteiger partial charge in [0.05, 0.1) is 12.2 Å². The second kappa shape index (κ2) is 4.49. The van der Waals surface area contributed by atoms with Gasteiger partial charge >= 0.3 is 0 Å². The molecule has 7 atom stereocenters. The Morgan fingerprint density at radius 1 is 1.13 bits per heavy atom. The molecule has 23 heavy (non-hydrogen) atoms. The van der Waals surface area contributed by atoms with E-state index in [9.17, 15) is 15.0 Å². The summed E-state index contributed by atoms with van der Waals surface area (Å²) >= 11 is 0. The molecule has 0 heterocycles. The van der Waals surface area contributed by atoms with E-state index in [0.717, 1.165) is 37.7 Å². The van der Waals surface area contributed by atoms with Crippen LogP contribution in [0.15, 0.2) is 12.2 Å². The van der Waals surface area contributed by atoms with Crippen LogP contribution in [0, 0.1) is 34.0 Å². The van der Waals surface area contributed by atoms with Crippen LogP contribution in [0.4, 0.5) is 0 Å². The number of carbonyl (C=O) groups is 1. The predicted octanol–water partition coefficient (Wildman–Crippen LogP) is 3.10. The van der Waals surface area contributed by atoms with Gasteiger partial charge in [0.2, 0.25) is 0 Å². The maximum atomic E-state index is 12.9. The molecule has 128 valence electrons. The molecule has 1 spiro atoms. The zero-order chi connectivity index (χ0) is 16.8. The monoisotopic (exact) mass is 318 g/mol. The van der Waals surface area contributed by atoms with Crippen LogP contribution in [0.2, 0.25) is 0 Å². The number of carbonyl (C=O) groups excluding carboxylic acids is 1. The smallest absolute Gasteiger partial charge is 0.140 e. The minimum Gasteiger partial charge on any atom is -0.393 e. The van der Waals surface area contributed by atoms with Crippen molar-refractivity contribution >= 4 is 5.78 Å². The lowest BCUT2D eigenvalue weighted by Crippen LogP contribution is -2.68. The van der Waals surface area contributed by atoms with Crippen LogP contribution in [0.25, 0.3) is 0 Å². The number of fused-ring (bicyclic) bond motifs is 3. The van der Waals surface area contributed by atoms with E-state index in [1.54, 1.807) is 0 Å².